The average Bonchev–Trinajstić information content (AvgIpc) is 3.24. The van der Waals surface area contributed by atoms with E-state index >= 15 is 0 Å². The molecular weight excluding hydrogens is 464 g/mol. The van der Waals surface area contributed by atoms with Crippen molar-refractivity contribution < 1.29 is 24.3 Å². The first kappa shape index (κ1) is 28.8. The zero-order valence-corrected chi connectivity index (χ0v) is 21.0. The number of aromatic nitrogens is 1. The number of carboxylic acids is 1. The highest BCUT2D eigenvalue weighted by Gasteiger charge is 2.30. The van der Waals surface area contributed by atoms with Gasteiger partial charge in [-0.1, -0.05) is 38.5 Å². The van der Waals surface area contributed by atoms with Gasteiger partial charge >= 0.3 is 5.97 Å². The summed E-state index contributed by atoms with van der Waals surface area (Å²) in [6.45, 7) is 5.30. The maximum atomic E-state index is 13.2. The van der Waals surface area contributed by atoms with Crippen LogP contribution in [0.3, 0.4) is 0 Å². The van der Waals surface area contributed by atoms with Crippen molar-refractivity contribution in [3.8, 4) is 0 Å². The molecule has 0 aliphatic heterocycles. The second-order valence-electron chi connectivity index (χ2n) is 9.31. The van der Waals surface area contributed by atoms with Crippen molar-refractivity contribution in [3.05, 3.63) is 36.0 Å². The largest absolute Gasteiger partial charge is 0.480 e. The molecule has 0 aliphatic rings. The van der Waals surface area contributed by atoms with Crippen LogP contribution in [-0.4, -0.2) is 64.5 Å². The van der Waals surface area contributed by atoms with Crippen LogP contribution >= 0.6 is 0 Å². The Labute approximate surface area is 210 Å². The number of carbonyl (C=O) groups is 4. The third-order valence-corrected chi connectivity index (χ3v) is 6.02. The van der Waals surface area contributed by atoms with E-state index in [-0.39, 0.29) is 12.3 Å². The molecule has 4 unspecified atom stereocenters. The number of rotatable bonds is 14. The van der Waals surface area contributed by atoms with Gasteiger partial charge in [0.25, 0.3) is 0 Å². The van der Waals surface area contributed by atoms with Crippen LogP contribution in [0.1, 0.15) is 45.6 Å². The van der Waals surface area contributed by atoms with Gasteiger partial charge in [0.15, 0.2) is 0 Å². The summed E-state index contributed by atoms with van der Waals surface area (Å²) in [5.41, 5.74) is 13.2. The average molecular weight is 503 g/mol. The number of amides is 3. The highest BCUT2D eigenvalue weighted by Crippen LogP contribution is 2.19. The monoisotopic (exact) mass is 502 g/mol. The Kier molecular flexibility index (Phi) is 10.9. The van der Waals surface area contributed by atoms with Crippen molar-refractivity contribution in [2.45, 2.75) is 70.6 Å². The molecule has 0 saturated heterocycles. The van der Waals surface area contributed by atoms with Crippen LogP contribution in [0.15, 0.2) is 30.5 Å². The summed E-state index contributed by atoms with van der Waals surface area (Å²) in [7, 11) is 0. The van der Waals surface area contributed by atoms with Gasteiger partial charge in [0.05, 0.1) is 6.04 Å². The van der Waals surface area contributed by atoms with Crippen molar-refractivity contribution >= 4 is 34.6 Å². The Morgan fingerprint density at radius 2 is 1.67 bits per heavy atom. The molecule has 36 heavy (non-hydrogen) atoms. The number of carbonyl (C=O) groups excluding carboxylic acids is 3. The maximum Gasteiger partial charge on any atom is 0.326 e. The topological polar surface area (TPSA) is 192 Å². The lowest BCUT2D eigenvalue weighted by molar-refractivity contribution is -0.143. The molecule has 1 aromatic heterocycles. The lowest BCUT2D eigenvalue weighted by Crippen LogP contribution is -2.57. The van der Waals surface area contributed by atoms with E-state index in [1.807, 2.05) is 24.3 Å². The smallest absolute Gasteiger partial charge is 0.326 e. The Morgan fingerprint density at radius 1 is 0.972 bits per heavy atom. The van der Waals surface area contributed by atoms with E-state index in [4.69, 9.17) is 11.5 Å². The van der Waals surface area contributed by atoms with E-state index in [1.165, 1.54) is 6.92 Å². The number of H-pyrrole nitrogens is 1. The molecule has 9 N–H and O–H groups in total. The minimum atomic E-state index is -1.16. The molecule has 0 aliphatic carbocycles. The van der Waals surface area contributed by atoms with Gasteiger partial charge in [-0.05, 0) is 43.9 Å². The van der Waals surface area contributed by atoms with Gasteiger partial charge in [0.1, 0.15) is 18.1 Å². The summed E-state index contributed by atoms with van der Waals surface area (Å²) in [6, 6.07) is 3.64. The fraction of sp³-hybridized carbons (Fsp3) is 0.520. The summed E-state index contributed by atoms with van der Waals surface area (Å²) in [5, 5.41) is 18.0. The van der Waals surface area contributed by atoms with E-state index in [0.29, 0.717) is 19.4 Å². The molecule has 2 aromatic rings. The number of nitrogens with one attached hydrogen (secondary N) is 4. The maximum absolute atomic E-state index is 13.2. The third-order valence-electron chi connectivity index (χ3n) is 6.02. The van der Waals surface area contributed by atoms with Crippen LogP contribution in [0.2, 0.25) is 0 Å². The summed E-state index contributed by atoms with van der Waals surface area (Å²) in [4.78, 5) is 53.1. The minimum Gasteiger partial charge on any atom is -0.480 e. The summed E-state index contributed by atoms with van der Waals surface area (Å²) in [6.07, 6.45) is 3.78. The van der Waals surface area contributed by atoms with E-state index in [2.05, 4.69) is 20.9 Å². The molecule has 0 bridgehead atoms. The fourth-order valence-corrected chi connectivity index (χ4v) is 3.82. The lowest BCUT2D eigenvalue weighted by Gasteiger charge is -2.24. The first-order valence-corrected chi connectivity index (χ1v) is 12.2. The Hall–Kier alpha value is -3.44. The van der Waals surface area contributed by atoms with Gasteiger partial charge in [-0.15, -0.1) is 0 Å². The second-order valence-corrected chi connectivity index (χ2v) is 9.31. The summed E-state index contributed by atoms with van der Waals surface area (Å²) in [5.74, 6) is -3.20. The van der Waals surface area contributed by atoms with E-state index in [9.17, 15) is 24.3 Å². The zero-order chi connectivity index (χ0) is 26.8. The Morgan fingerprint density at radius 3 is 2.31 bits per heavy atom. The Balaban J connectivity index is 2.16. The predicted octanol–water partition coefficient (Wildman–Crippen LogP) is 0.382. The fourth-order valence-electron chi connectivity index (χ4n) is 3.82. The van der Waals surface area contributed by atoms with Gasteiger partial charge in [0, 0.05) is 23.5 Å². The third kappa shape index (κ3) is 8.06. The number of hydrogen-bond acceptors (Lipinski definition) is 6. The first-order chi connectivity index (χ1) is 17.0. The standard InChI is InChI=1S/C25H38N6O5/c1-14(2)21(25(35)36)31-22(32)15(3)29-24(34)20(30-23(33)18(27)9-6-7-11-26)12-16-13-28-19-10-5-4-8-17(16)19/h4-5,8,10,13-15,18,20-21,28H,6-7,9,11-12,26-27H2,1-3H3,(H,29,34)(H,30,33)(H,31,32)(H,35,36). The highest BCUT2D eigenvalue weighted by atomic mass is 16.4. The number of hydrogen-bond donors (Lipinski definition) is 7. The molecule has 11 heteroatoms. The minimum absolute atomic E-state index is 0.162. The van der Waals surface area contributed by atoms with E-state index < -0.39 is 47.9 Å². The van der Waals surface area contributed by atoms with Crippen LogP contribution in [0.4, 0.5) is 0 Å². The van der Waals surface area contributed by atoms with Crippen molar-refractivity contribution in [2.75, 3.05) is 6.54 Å². The summed E-state index contributed by atoms with van der Waals surface area (Å²) < 4.78 is 0. The van der Waals surface area contributed by atoms with Gasteiger partial charge in [-0.3, -0.25) is 14.4 Å². The van der Waals surface area contributed by atoms with Crippen LogP contribution in [0, 0.1) is 5.92 Å². The van der Waals surface area contributed by atoms with Crippen LogP contribution in [0.5, 0.6) is 0 Å². The quantitative estimate of drug-likeness (QED) is 0.181. The highest BCUT2D eigenvalue weighted by molar-refractivity contribution is 5.94. The number of aliphatic carboxylic acids is 1. The molecule has 1 aromatic carbocycles. The molecule has 0 fully saturated rings. The number of carboxylic acid groups (broad SMARTS) is 1. The number of unbranched alkanes of at least 4 members (excludes halogenated alkanes) is 1. The Bertz CT molecular complexity index is 1050. The molecule has 11 nitrogen and oxygen atoms in total. The molecule has 0 radical (unpaired) electrons. The number of benzene rings is 1. The number of nitrogens with two attached hydrogens (primary N) is 2. The predicted molar refractivity (Wildman–Crippen MR) is 137 cm³/mol. The van der Waals surface area contributed by atoms with Crippen molar-refractivity contribution in [3.63, 3.8) is 0 Å². The molecule has 1 heterocycles. The van der Waals surface area contributed by atoms with Gasteiger partial charge in [-0.25, -0.2) is 4.79 Å². The lowest BCUT2D eigenvalue weighted by atomic mass is 10.0. The molecule has 0 spiro atoms. The van der Waals surface area contributed by atoms with Gasteiger partial charge < -0.3 is 37.5 Å². The van der Waals surface area contributed by atoms with Crippen LogP contribution in [0.25, 0.3) is 10.9 Å². The molecular formula is C25H38N6O5. The van der Waals surface area contributed by atoms with E-state index in [1.54, 1.807) is 20.0 Å². The van der Waals surface area contributed by atoms with Crippen molar-refractivity contribution in [1.82, 2.24) is 20.9 Å². The molecule has 2 rings (SSSR count). The number of aromatic amines is 1. The number of para-hydroxylation sites is 1. The van der Waals surface area contributed by atoms with Crippen LogP contribution in [-0.2, 0) is 25.6 Å². The molecule has 0 saturated carbocycles. The summed E-state index contributed by atoms with van der Waals surface area (Å²) >= 11 is 0. The normalized spacial score (nSPS) is 14.6. The van der Waals surface area contributed by atoms with Crippen molar-refractivity contribution in [1.29, 1.82) is 0 Å². The second kappa shape index (κ2) is 13.6. The molecule has 3 amide bonds. The molecule has 198 valence electrons. The van der Waals surface area contributed by atoms with E-state index in [0.717, 1.165) is 22.9 Å². The molecule has 4 atom stereocenters. The van der Waals surface area contributed by atoms with Gasteiger partial charge in [-0.2, -0.15) is 0 Å². The first-order valence-electron chi connectivity index (χ1n) is 12.2. The SMILES string of the molecule is CC(NC(=O)C(Cc1c[nH]c2ccccc12)NC(=O)C(N)CCCCN)C(=O)NC(C(=O)O)C(C)C. The van der Waals surface area contributed by atoms with Crippen LogP contribution < -0.4 is 27.4 Å². The van der Waals surface area contributed by atoms with Crippen molar-refractivity contribution in [2.24, 2.45) is 17.4 Å². The van der Waals surface area contributed by atoms with Gasteiger partial charge in [0.2, 0.25) is 17.7 Å². The number of fused-ring (bicyclic) bond motifs is 1. The zero-order valence-electron chi connectivity index (χ0n) is 21.0.